The highest BCUT2D eigenvalue weighted by molar-refractivity contribution is 5.57. The van der Waals surface area contributed by atoms with Crippen molar-refractivity contribution in [1.29, 1.82) is 0 Å². The second-order valence-corrected chi connectivity index (χ2v) is 6.10. The Morgan fingerprint density at radius 1 is 1.19 bits per heavy atom. The van der Waals surface area contributed by atoms with E-state index in [-0.39, 0.29) is 0 Å². The Balaban J connectivity index is 1.96. The van der Waals surface area contributed by atoms with Gasteiger partial charge in [-0.05, 0) is 32.6 Å². The third kappa shape index (κ3) is 4.84. The van der Waals surface area contributed by atoms with Crippen molar-refractivity contribution in [2.24, 2.45) is 5.92 Å². The second kappa shape index (κ2) is 7.59. The molecule has 2 N–H and O–H groups in total. The summed E-state index contributed by atoms with van der Waals surface area (Å²) in [5.41, 5.74) is 1.09. The highest BCUT2D eigenvalue weighted by Crippen LogP contribution is 2.39. The van der Waals surface area contributed by atoms with E-state index in [1.807, 2.05) is 0 Å². The van der Waals surface area contributed by atoms with Gasteiger partial charge in [-0.15, -0.1) is 0 Å². The lowest BCUT2D eigenvalue weighted by Crippen LogP contribution is -2.15. The van der Waals surface area contributed by atoms with Crippen molar-refractivity contribution in [3.8, 4) is 0 Å². The van der Waals surface area contributed by atoms with E-state index in [0.717, 1.165) is 42.7 Å². The maximum Gasteiger partial charge on any atom is 0.136 e. The van der Waals surface area contributed by atoms with E-state index in [1.54, 1.807) is 0 Å². The molecule has 1 aliphatic carbocycles. The fourth-order valence-corrected chi connectivity index (χ4v) is 2.13. The highest BCUT2D eigenvalue weighted by atomic mass is 16.5. The fraction of sp³-hybridized carbons (Fsp3) is 0.750. The highest BCUT2D eigenvalue weighted by Gasteiger charge is 2.28. The molecule has 0 saturated heterocycles. The van der Waals surface area contributed by atoms with Crippen LogP contribution in [-0.4, -0.2) is 36.3 Å². The molecule has 21 heavy (non-hydrogen) atoms. The summed E-state index contributed by atoms with van der Waals surface area (Å²) in [6, 6.07) is 0. The van der Waals surface area contributed by atoms with Crippen LogP contribution in [0, 0.1) is 12.8 Å². The minimum atomic E-state index is 0.556. The first kappa shape index (κ1) is 16.0. The van der Waals surface area contributed by atoms with Gasteiger partial charge in [0.1, 0.15) is 17.5 Å². The van der Waals surface area contributed by atoms with Gasteiger partial charge in [-0.25, -0.2) is 9.97 Å². The lowest BCUT2D eigenvalue weighted by molar-refractivity contribution is 0.118. The van der Waals surface area contributed by atoms with Crippen LogP contribution < -0.4 is 10.6 Å². The van der Waals surface area contributed by atoms with Crippen LogP contribution >= 0.6 is 0 Å². The summed E-state index contributed by atoms with van der Waals surface area (Å²) in [4.78, 5) is 9.35. The fourth-order valence-electron chi connectivity index (χ4n) is 2.13. The van der Waals surface area contributed by atoms with Crippen molar-refractivity contribution < 1.29 is 4.74 Å². The van der Waals surface area contributed by atoms with E-state index >= 15 is 0 Å². The molecular formula is C16H28N4O. The van der Waals surface area contributed by atoms with Crippen molar-refractivity contribution in [2.45, 2.75) is 46.5 Å². The number of hydrogen-bond donors (Lipinski definition) is 2. The predicted octanol–water partition coefficient (Wildman–Crippen LogP) is 3.18. The topological polar surface area (TPSA) is 59.1 Å². The SMILES string of the molecule is CCNc1nc(C2CC2)nc(NCCOCC(C)C)c1C. The zero-order valence-electron chi connectivity index (χ0n) is 13.7. The van der Waals surface area contributed by atoms with Gasteiger partial charge in [0.2, 0.25) is 0 Å². The quantitative estimate of drug-likeness (QED) is 0.685. The molecule has 5 nitrogen and oxygen atoms in total. The van der Waals surface area contributed by atoms with Crippen LogP contribution in [0.4, 0.5) is 11.6 Å². The molecule has 0 amide bonds. The van der Waals surface area contributed by atoms with Crippen LogP contribution in [0.3, 0.4) is 0 Å². The van der Waals surface area contributed by atoms with E-state index in [9.17, 15) is 0 Å². The molecule has 1 aliphatic rings. The summed E-state index contributed by atoms with van der Waals surface area (Å²) < 4.78 is 5.60. The van der Waals surface area contributed by atoms with Gasteiger partial charge in [0.05, 0.1) is 6.61 Å². The normalized spacial score (nSPS) is 14.5. The van der Waals surface area contributed by atoms with Crippen molar-refractivity contribution in [1.82, 2.24) is 9.97 Å². The lowest BCUT2D eigenvalue weighted by atomic mass is 10.2. The average molecular weight is 292 g/mol. The molecule has 0 aliphatic heterocycles. The Morgan fingerprint density at radius 3 is 2.43 bits per heavy atom. The summed E-state index contributed by atoms with van der Waals surface area (Å²) in [5.74, 6) is 4.01. The smallest absolute Gasteiger partial charge is 0.136 e. The molecule has 5 heteroatoms. The molecule has 2 rings (SSSR count). The van der Waals surface area contributed by atoms with Gasteiger partial charge in [0.15, 0.2) is 0 Å². The summed E-state index contributed by atoms with van der Waals surface area (Å²) in [7, 11) is 0. The second-order valence-electron chi connectivity index (χ2n) is 6.10. The van der Waals surface area contributed by atoms with Crippen LogP contribution in [0.2, 0.25) is 0 Å². The Kier molecular flexibility index (Phi) is 5.79. The van der Waals surface area contributed by atoms with Gasteiger partial charge in [-0.2, -0.15) is 0 Å². The first-order valence-corrected chi connectivity index (χ1v) is 8.05. The zero-order valence-corrected chi connectivity index (χ0v) is 13.7. The van der Waals surface area contributed by atoms with E-state index in [0.29, 0.717) is 18.4 Å². The van der Waals surface area contributed by atoms with Crippen LogP contribution in [0.1, 0.15) is 50.9 Å². The molecule has 0 atom stereocenters. The molecule has 0 aromatic carbocycles. The molecule has 0 unspecified atom stereocenters. The maximum absolute atomic E-state index is 5.60. The molecule has 0 bridgehead atoms. The Labute approximate surface area is 127 Å². The largest absolute Gasteiger partial charge is 0.379 e. The van der Waals surface area contributed by atoms with E-state index in [2.05, 4.69) is 43.3 Å². The van der Waals surface area contributed by atoms with Gasteiger partial charge < -0.3 is 15.4 Å². The van der Waals surface area contributed by atoms with Gasteiger partial charge in [-0.1, -0.05) is 13.8 Å². The Hall–Kier alpha value is -1.36. The molecule has 0 spiro atoms. The number of aromatic nitrogens is 2. The van der Waals surface area contributed by atoms with Crippen LogP contribution in [0.15, 0.2) is 0 Å². The average Bonchev–Trinajstić information content (AvgIpc) is 3.26. The van der Waals surface area contributed by atoms with Crippen molar-refractivity contribution in [3.05, 3.63) is 11.4 Å². The van der Waals surface area contributed by atoms with Gasteiger partial charge >= 0.3 is 0 Å². The molecule has 1 heterocycles. The first-order valence-electron chi connectivity index (χ1n) is 8.05. The molecular weight excluding hydrogens is 264 g/mol. The predicted molar refractivity (Wildman–Crippen MR) is 87.1 cm³/mol. The summed E-state index contributed by atoms with van der Waals surface area (Å²) in [6.07, 6.45) is 2.43. The van der Waals surface area contributed by atoms with Crippen LogP contribution in [-0.2, 0) is 4.74 Å². The monoisotopic (exact) mass is 292 g/mol. The number of hydrogen-bond acceptors (Lipinski definition) is 5. The Morgan fingerprint density at radius 2 is 1.86 bits per heavy atom. The van der Waals surface area contributed by atoms with Crippen molar-refractivity contribution in [3.63, 3.8) is 0 Å². The van der Waals surface area contributed by atoms with E-state index in [4.69, 9.17) is 9.72 Å². The summed E-state index contributed by atoms with van der Waals surface area (Å²) in [6.45, 7) is 11.6. The minimum Gasteiger partial charge on any atom is -0.379 e. The summed E-state index contributed by atoms with van der Waals surface area (Å²) >= 11 is 0. The number of anilines is 2. The van der Waals surface area contributed by atoms with Crippen LogP contribution in [0.25, 0.3) is 0 Å². The molecule has 1 aromatic rings. The van der Waals surface area contributed by atoms with E-state index in [1.165, 1.54) is 12.8 Å². The Bertz CT molecular complexity index is 458. The van der Waals surface area contributed by atoms with Gasteiger partial charge in [-0.3, -0.25) is 0 Å². The molecule has 0 radical (unpaired) electrons. The zero-order chi connectivity index (χ0) is 15.2. The van der Waals surface area contributed by atoms with Gasteiger partial charge in [0, 0.05) is 31.2 Å². The van der Waals surface area contributed by atoms with Crippen molar-refractivity contribution >= 4 is 11.6 Å². The minimum absolute atomic E-state index is 0.556. The number of rotatable bonds is 9. The van der Waals surface area contributed by atoms with Crippen molar-refractivity contribution in [2.75, 3.05) is 36.9 Å². The third-order valence-corrected chi connectivity index (χ3v) is 3.44. The maximum atomic E-state index is 5.60. The lowest BCUT2D eigenvalue weighted by Gasteiger charge is -2.15. The van der Waals surface area contributed by atoms with Gasteiger partial charge in [0.25, 0.3) is 0 Å². The molecule has 1 fully saturated rings. The molecule has 1 saturated carbocycles. The first-order chi connectivity index (χ1) is 10.1. The van der Waals surface area contributed by atoms with E-state index < -0.39 is 0 Å². The summed E-state index contributed by atoms with van der Waals surface area (Å²) in [5, 5.41) is 6.73. The number of nitrogens with one attached hydrogen (secondary N) is 2. The molecule has 118 valence electrons. The number of ether oxygens (including phenoxy) is 1. The van der Waals surface area contributed by atoms with Crippen LogP contribution in [0.5, 0.6) is 0 Å². The number of nitrogens with zero attached hydrogens (tertiary/aromatic N) is 2. The standard InChI is InChI=1S/C16H28N4O/c1-5-17-14-12(4)15(18-8-9-21-10-11(2)3)20-16(19-14)13-6-7-13/h11,13H,5-10H2,1-4H3,(H2,17,18,19,20). The third-order valence-electron chi connectivity index (χ3n) is 3.44. The molecule has 1 aromatic heterocycles.